The summed E-state index contributed by atoms with van der Waals surface area (Å²) >= 11 is 0. The summed E-state index contributed by atoms with van der Waals surface area (Å²) < 4.78 is 7.11. The van der Waals surface area contributed by atoms with E-state index in [0.717, 1.165) is 28.2 Å². The number of aromatic nitrogens is 3. The number of nitrogens with two attached hydrogens (primary N) is 1. The minimum absolute atomic E-state index is 0.00768. The molecule has 3 aromatic heterocycles. The Hall–Kier alpha value is -3.41. The highest BCUT2D eigenvalue weighted by Crippen LogP contribution is 2.34. The van der Waals surface area contributed by atoms with Gasteiger partial charge in [-0.15, -0.1) is 0 Å². The number of nitrogen functional groups attached to an aromatic ring is 1. The Morgan fingerprint density at radius 1 is 1.12 bits per heavy atom. The van der Waals surface area contributed by atoms with E-state index >= 15 is 0 Å². The molecule has 3 heterocycles. The number of rotatable bonds is 2. The van der Waals surface area contributed by atoms with Gasteiger partial charge in [0.25, 0.3) is 0 Å². The molecule has 4 aromatic rings. The lowest BCUT2D eigenvalue weighted by Crippen LogP contribution is -2.21. The van der Waals surface area contributed by atoms with Gasteiger partial charge in [-0.2, -0.15) is 9.61 Å². The summed E-state index contributed by atoms with van der Waals surface area (Å²) in [6.07, 6.45) is 2.69. The number of furan rings is 1. The first kappa shape index (κ1) is 14.9. The average Bonchev–Trinajstić information content (AvgIpc) is 3.30. The SMILES string of the molecule is Nc1nc(-c2ccccc2)c2cc3c(nn12)CC(c1ccco1)CC3=O. The van der Waals surface area contributed by atoms with Gasteiger partial charge in [-0.05, 0) is 18.2 Å². The molecular weight excluding hydrogens is 328 g/mol. The van der Waals surface area contributed by atoms with E-state index in [1.54, 1.807) is 10.8 Å². The largest absolute Gasteiger partial charge is 0.469 e. The summed E-state index contributed by atoms with van der Waals surface area (Å²) in [4.78, 5) is 17.2. The second-order valence-electron chi connectivity index (χ2n) is 6.53. The van der Waals surface area contributed by atoms with Crippen LogP contribution in [0.1, 0.15) is 34.2 Å². The highest BCUT2D eigenvalue weighted by atomic mass is 16.3. The molecule has 2 N–H and O–H groups in total. The predicted octanol–water partition coefficient (Wildman–Crippen LogP) is 3.48. The molecule has 0 fully saturated rings. The smallest absolute Gasteiger partial charge is 0.222 e. The first-order chi connectivity index (χ1) is 12.7. The van der Waals surface area contributed by atoms with E-state index in [0.29, 0.717) is 24.4 Å². The monoisotopic (exact) mass is 344 g/mol. The van der Waals surface area contributed by atoms with Gasteiger partial charge in [-0.1, -0.05) is 30.3 Å². The number of carbonyl (C=O) groups excluding carboxylic acids is 1. The van der Waals surface area contributed by atoms with Gasteiger partial charge in [0.1, 0.15) is 11.5 Å². The van der Waals surface area contributed by atoms with Gasteiger partial charge in [-0.3, -0.25) is 4.79 Å². The van der Waals surface area contributed by atoms with Crippen molar-refractivity contribution in [2.45, 2.75) is 18.8 Å². The van der Waals surface area contributed by atoms with E-state index < -0.39 is 0 Å². The Bertz CT molecular complexity index is 1110. The molecule has 1 aliphatic carbocycles. The summed E-state index contributed by atoms with van der Waals surface area (Å²) in [5, 5.41) is 4.64. The van der Waals surface area contributed by atoms with Crippen LogP contribution in [-0.2, 0) is 6.42 Å². The molecular formula is C20H16N4O2. The lowest BCUT2D eigenvalue weighted by atomic mass is 9.84. The second kappa shape index (κ2) is 5.56. The molecule has 26 heavy (non-hydrogen) atoms. The minimum atomic E-state index is 0.00768. The van der Waals surface area contributed by atoms with Crippen molar-refractivity contribution in [1.82, 2.24) is 14.6 Å². The van der Waals surface area contributed by atoms with Crippen LogP contribution in [0.25, 0.3) is 16.8 Å². The van der Waals surface area contributed by atoms with Crippen LogP contribution in [0.5, 0.6) is 0 Å². The maximum absolute atomic E-state index is 12.7. The summed E-state index contributed by atoms with van der Waals surface area (Å²) in [5.74, 6) is 1.21. The highest BCUT2D eigenvalue weighted by molar-refractivity contribution is 6.00. The number of hydrogen-bond acceptors (Lipinski definition) is 5. The third-order valence-electron chi connectivity index (χ3n) is 4.89. The van der Waals surface area contributed by atoms with Crippen LogP contribution in [-0.4, -0.2) is 20.4 Å². The van der Waals surface area contributed by atoms with Crippen molar-refractivity contribution in [3.05, 3.63) is 71.8 Å². The molecule has 1 unspecified atom stereocenters. The fourth-order valence-corrected chi connectivity index (χ4v) is 3.64. The summed E-state index contributed by atoms with van der Waals surface area (Å²) in [6, 6.07) is 15.4. The number of fused-ring (bicyclic) bond motifs is 2. The molecule has 1 aromatic carbocycles. The molecule has 128 valence electrons. The lowest BCUT2D eigenvalue weighted by molar-refractivity contribution is 0.0958. The van der Waals surface area contributed by atoms with E-state index in [9.17, 15) is 4.79 Å². The standard InChI is InChI=1S/C20H16N4O2/c21-20-22-19(12-5-2-1-3-6-12)16-11-14-15(23-24(16)20)9-13(10-17(14)25)18-7-4-8-26-18/h1-8,11,13H,9-10H2,(H2,21,22). The van der Waals surface area contributed by atoms with E-state index in [4.69, 9.17) is 10.2 Å². The molecule has 0 amide bonds. The maximum atomic E-state index is 12.7. The van der Waals surface area contributed by atoms with Gasteiger partial charge in [0.2, 0.25) is 5.95 Å². The number of anilines is 1. The zero-order valence-electron chi connectivity index (χ0n) is 13.9. The molecule has 1 aliphatic rings. The molecule has 0 radical (unpaired) electrons. The quantitative estimate of drug-likeness (QED) is 0.601. The molecule has 6 heteroatoms. The van der Waals surface area contributed by atoms with Crippen LogP contribution in [0.15, 0.2) is 59.2 Å². The van der Waals surface area contributed by atoms with Crippen molar-refractivity contribution in [3.63, 3.8) is 0 Å². The first-order valence-electron chi connectivity index (χ1n) is 8.51. The Labute approximate surface area is 149 Å². The van der Waals surface area contributed by atoms with Gasteiger partial charge in [0.15, 0.2) is 5.78 Å². The van der Waals surface area contributed by atoms with Gasteiger partial charge in [-0.25, -0.2) is 4.98 Å². The van der Waals surface area contributed by atoms with Crippen LogP contribution in [0.4, 0.5) is 5.95 Å². The van der Waals surface area contributed by atoms with Gasteiger partial charge in [0, 0.05) is 29.9 Å². The van der Waals surface area contributed by atoms with Crippen LogP contribution in [0, 0.1) is 0 Å². The Balaban J connectivity index is 1.66. The number of benzene rings is 1. The van der Waals surface area contributed by atoms with E-state index in [1.807, 2.05) is 48.5 Å². The molecule has 5 rings (SSSR count). The number of hydrogen-bond donors (Lipinski definition) is 1. The van der Waals surface area contributed by atoms with Gasteiger partial charge < -0.3 is 10.2 Å². The van der Waals surface area contributed by atoms with E-state index in [-0.39, 0.29) is 11.7 Å². The summed E-state index contributed by atoms with van der Waals surface area (Å²) in [6.45, 7) is 0. The average molecular weight is 344 g/mol. The summed E-state index contributed by atoms with van der Waals surface area (Å²) in [5.41, 5.74) is 9.91. The molecule has 0 saturated carbocycles. The van der Waals surface area contributed by atoms with Crippen molar-refractivity contribution in [1.29, 1.82) is 0 Å². The van der Waals surface area contributed by atoms with Crippen molar-refractivity contribution in [3.8, 4) is 11.3 Å². The normalized spacial score (nSPS) is 16.8. The van der Waals surface area contributed by atoms with E-state index in [2.05, 4.69) is 10.1 Å². The molecule has 0 bridgehead atoms. The third kappa shape index (κ3) is 2.23. The highest BCUT2D eigenvalue weighted by Gasteiger charge is 2.30. The van der Waals surface area contributed by atoms with Crippen molar-refractivity contribution in [2.24, 2.45) is 0 Å². The molecule has 1 atom stereocenters. The van der Waals surface area contributed by atoms with Gasteiger partial charge in [0.05, 0.1) is 17.5 Å². The Morgan fingerprint density at radius 3 is 2.73 bits per heavy atom. The zero-order chi connectivity index (χ0) is 17.7. The van der Waals surface area contributed by atoms with Crippen LogP contribution in [0.3, 0.4) is 0 Å². The Morgan fingerprint density at radius 2 is 1.96 bits per heavy atom. The second-order valence-corrected chi connectivity index (χ2v) is 6.53. The number of imidazole rings is 1. The molecule has 0 saturated heterocycles. The minimum Gasteiger partial charge on any atom is -0.469 e. The lowest BCUT2D eigenvalue weighted by Gasteiger charge is -2.21. The van der Waals surface area contributed by atoms with Crippen molar-refractivity contribution >= 4 is 17.2 Å². The van der Waals surface area contributed by atoms with Crippen LogP contribution in [0.2, 0.25) is 0 Å². The van der Waals surface area contributed by atoms with Crippen LogP contribution >= 0.6 is 0 Å². The fourth-order valence-electron chi connectivity index (χ4n) is 3.64. The number of Topliss-reactive ketones (excluding diaryl/α,β-unsaturated/α-hetero) is 1. The maximum Gasteiger partial charge on any atom is 0.222 e. The number of carbonyl (C=O) groups is 1. The first-order valence-corrected chi connectivity index (χ1v) is 8.51. The van der Waals surface area contributed by atoms with Gasteiger partial charge >= 0.3 is 0 Å². The topological polar surface area (TPSA) is 86.4 Å². The number of ketones is 1. The third-order valence-corrected chi connectivity index (χ3v) is 4.89. The Kier molecular flexibility index (Phi) is 3.18. The molecule has 0 spiro atoms. The number of nitrogens with zero attached hydrogens (tertiary/aromatic N) is 3. The molecule has 6 nitrogen and oxygen atoms in total. The zero-order valence-corrected chi connectivity index (χ0v) is 13.9. The van der Waals surface area contributed by atoms with Crippen molar-refractivity contribution < 1.29 is 9.21 Å². The predicted molar refractivity (Wildman–Crippen MR) is 96.9 cm³/mol. The summed E-state index contributed by atoms with van der Waals surface area (Å²) in [7, 11) is 0. The molecule has 0 aliphatic heterocycles. The fraction of sp³-hybridized carbons (Fsp3) is 0.150. The van der Waals surface area contributed by atoms with E-state index in [1.165, 1.54) is 0 Å². The van der Waals surface area contributed by atoms with Crippen LogP contribution < -0.4 is 5.73 Å². The van der Waals surface area contributed by atoms with Crippen molar-refractivity contribution in [2.75, 3.05) is 5.73 Å².